The van der Waals surface area contributed by atoms with Crippen molar-refractivity contribution in [1.82, 2.24) is 20.3 Å². The van der Waals surface area contributed by atoms with E-state index in [1.807, 2.05) is 35.1 Å². The maximum absolute atomic E-state index is 12.4. The molecule has 1 fully saturated rings. The third kappa shape index (κ3) is 4.51. The normalized spacial score (nSPS) is 13.5. The molecule has 2 aromatic carbocycles. The van der Waals surface area contributed by atoms with Gasteiger partial charge >= 0.3 is 0 Å². The molecule has 27 heavy (non-hydrogen) atoms. The van der Waals surface area contributed by atoms with Crippen molar-refractivity contribution in [1.29, 1.82) is 0 Å². The van der Waals surface area contributed by atoms with E-state index in [2.05, 4.69) is 20.9 Å². The Kier molecular flexibility index (Phi) is 4.84. The van der Waals surface area contributed by atoms with Gasteiger partial charge < -0.3 is 16.4 Å². The SMILES string of the molecule is Nc1ccccc1NC(=O)c1ccc(Cn2cc(CNC3CC3)nn2)cc1. The van der Waals surface area contributed by atoms with Crippen molar-refractivity contribution in [2.45, 2.75) is 32.0 Å². The second kappa shape index (κ2) is 7.59. The number of nitrogen functional groups attached to an aromatic ring is 1. The van der Waals surface area contributed by atoms with Gasteiger partial charge in [0.1, 0.15) is 0 Å². The first-order valence-corrected chi connectivity index (χ1v) is 9.04. The Balaban J connectivity index is 1.35. The molecule has 7 heteroatoms. The van der Waals surface area contributed by atoms with Crippen molar-refractivity contribution in [3.63, 3.8) is 0 Å². The number of benzene rings is 2. The van der Waals surface area contributed by atoms with E-state index in [9.17, 15) is 4.79 Å². The van der Waals surface area contributed by atoms with Crippen molar-refractivity contribution in [3.8, 4) is 0 Å². The molecule has 1 aromatic heterocycles. The second-order valence-electron chi connectivity index (χ2n) is 6.80. The van der Waals surface area contributed by atoms with Gasteiger partial charge in [-0.1, -0.05) is 29.5 Å². The summed E-state index contributed by atoms with van der Waals surface area (Å²) in [7, 11) is 0. The van der Waals surface area contributed by atoms with E-state index in [1.54, 1.807) is 24.3 Å². The van der Waals surface area contributed by atoms with Crippen LogP contribution in [0.2, 0.25) is 0 Å². The number of carbonyl (C=O) groups is 1. The zero-order valence-electron chi connectivity index (χ0n) is 14.9. The molecule has 3 aromatic rings. The van der Waals surface area contributed by atoms with Gasteiger partial charge in [0.05, 0.1) is 29.8 Å². The summed E-state index contributed by atoms with van der Waals surface area (Å²) >= 11 is 0. The topological polar surface area (TPSA) is 97.9 Å². The number of aromatic nitrogens is 3. The van der Waals surface area contributed by atoms with Gasteiger partial charge in [-0.3, -0.25) is 4.79 Å². The zero-order chi connectivity index (χ0) is 18.6. The molecule has 0 saturated heterocycles. The lowest BCUT2D eigenvalue weighted by Crippen LogP contribution is -2.15. The molecule has 1 saturated carbocycles. The number of amides is 1. The average Bonchev–Trinajstić information content (AvgIpc) is 3.41. The molecule has 0 radical (unpaired) electrons. The van der Waals surface area contributed by atoms with Crippen LogP contribution in [0.3, 0.4) is 0 Å². The van der Waals surface area contributed by atoms with E-state index in [1.165, 1.54) is 12.8 Å². The van der Waals surface area contributed by atoms with Crippen LogP contribution in [0.4, 0.5) is 11.4 Å². The molecule has 138 valence electrons. The Morgan fingerprint density at radius 3 is 2.67 bits per heavy atom. The van der Waals surface area contributed by atoms with Gasteiger partial charge in [0.2, 0.25) is 0 Å². The second-order valence-corrected chi connectivity index (χ2v) is 6.80. The summed E-state index contributed by atoms with van der Waals surface area (Å²) in [4.78, 5) is 12.4. The Morgan fingerprint density at radius 2 is 1.93 bits per heavy atom. The summed E-state index contributed by atoms with van der Waals surface area (Å²) in [6.07, 6.45) is 4.46. The first-order chi connectivity index (χ1) is 13.2. The summed E-state index contributed by atoms with van der Waals surface area (Å²) in [6, 6.07) is 15.3. The van der Waals surface area contributed by atoms with Gasteiger partial charge in [-0.2, -0.15) is 0 Å². The number of para-hydroxylation sites is 2. The molecule has 0 spiro atoms. The highest BCUT2D eigenvalue weighted by Gasteiger charge is 2.20. The van der Waals surface area contributed by atoms with Gasteiger partial charge in [-0.15, -0.1) is 5.10 Å². The van der Waals surface area contributed by atoms with Gasteiger partial charge in [0.15, 0.2) is 0 Å². The molecule has 1 amide bonds. The molecule has 0 aliphatic heterocycles. The van der Waals surface area contributed by atoms with E-state index >= 15 is 0 Å². The van der Waals surface area contributed by atoms with Gasteiger partial charge in [-0.05, 0) is 42.7 Å². The van der Waals surface area contributed by atoms with E-state index in [4.69, 9.17) is 5.73 Å². The van der Waals surface area contributed by atoms with Gasteiger partial charge in [0, 0.05) is 18.2 Å². The van der Waals surface area contributed by atoms with Crippen molar-refractivity contribution >= 4 is 17.3 Å². The smallest absolute Gasteiger partial charge is 0.255 e. The molecular weight excluding hydrogens is 340 g/mol. The first kappa shape index (κ1) is 17.2. The highest BCUT2D eigenvalue weighted by Crippen LogP contribution is 2.19. The van der Waals surface area contributed by atoms with Crippen LogP contribution in [0.25, 0.3) is 0 Å². The minimum atomic E-state index is -0.186. The molecule has 4 rings (SSSR count). The Labute approximate surface area is 157 Å². The van der Waals surface area contributed by atoms with Crippen molar-refractivity contribution < 1.29 is 4.79 Å². The minimum absolute atomic E-state index is 0.186. The minimum Gasteiger partial charge on any atom is -0.397 e. The Morgan fingerprint density at radius 1 is 1.15 bits per heavy atom. The fourth-order valence-corrected chi connectivity index (χ4v) is 2.79. The molecule has 0 bridgehead atoms. The monoisotopic (exact) mass is 362 g/mol. The summed E-state index contributed by atoms with van der Waals surface area (Å²) in [6.45, 7) is 1.37. The van der Waals surface area contributed by atoms with Crippen LogP contribution < -0.4 is 16.4 Å². The summed E-state index contributed by atoms with van der Waals surface area (Å²) in [5.41, 5.74) is 9.59. The lowest BCUT2D eigenvalue weighted by Gasteiger charge is -2.08. The number of nitrogens with zero attached hydrogens (tertiary/aromatic N) is 3. The van der Waals surface area contributed by atoms with Crippen molar-refractivity contribution in [3.05, 3.63) is 71.5 Å². The highest BCUT2D eigenvalue weighted by atomic mass is 16.1. The largest absolute Gasteiger partial charge is 0.397 e. The van der Waals surface area contributed by atoms with Crippen LogP contribution in [0.1, 0.15) is 34.5 Å². The number of anilines is 2. The zero-order valence-corrected chi connectivity index (χ0v) is 14.9. The van der Waals surface area contributed by atoms with Gasteiger partial charge in [-0.25, -0.2) is 4.68 Å². The Bertz CT molecular complexity index is 930. The quantitative estimate of drug-likeness (QED) is 0.561. The molecule has 7 nitrogen and oxygen atoms in total. The maximum Gasteiger partial charge on any atom is 0.255 e. The lowest BCUT2D eigenvalue weighted by atomic mass is 10.1. The van der Waals surface area contributed by atoms with Crippen LogP contribution in [0.15, 0.2) is 54.7 Å². The predicted octanol–water partition coefficient (Wildman–Crippen LogP) is 2.41. The summed E-state index contributed by atoms with van der Waals surface area (Å²) < 4.78 is 1.81. The van der Waals surface area contributed by atoms with E-state index in [0.717, 1.165) is 17.8 Å². The van der Waals surface area contributed by atoms with Crippen LogP contribution in [-0.2, 0) is 13.1 Å². The molecule has 1 aliphatic carbocycles. The lowest BCUT2D eigenvalue weighted by molar-refractivity contribution is 0.102. The average molecular weight is 362 g/mol. The fourth-order valence-electron chi connectivity index (χ4n) is 2.79. The predicted molar refractivity (Wildman–Crippen MR) is 104 cm³/mol. The van der Waals surface area contributed by atoms with Crippen LogP contribution in [0.5, 0.6) is 0 Å². The molecular formula is C20H22N6O. The third-order valence-electron chi connectivity index (χ3n) is 4.50. The Hall–Kier alpha value is -3.19. The number of carbonyl (C=O) groups excluding carboxylic acids is 1. The number of nitrogens with one attached hydrogen (secondary N) is 2. The van der Waals surface area contributed by atoms with E-state index in [0.29, 0.717) is 29.5 Å². The standard InChI is InChI=1S/C20H22N6O/c21-18-3-1-2-4-19(18)23-20(27)15-7-5-14(6-8-15)12-26-13-17(24-25-26)11-22-16-9-10-16/h1-8,13,16,22H,9-12,21H2,(H,23,27). The van der Waals surface area contributed by atoms with Crippen LogP contribution in [0, 0.1) is 0 Å². The maximum atomic E-state index is 12.4. The van der Waals surface area contributed by atoms with E-state index < -0.39 is 0 Å². The summed E-state index contributed by atoms with van der Waals surface area (Å²) in [5, 5.41) is 14.6. The van der Waals surface area contributed by atoms with E-state index in [-0.39, 0.29) is 5.91 Å². The molecule has 0 atom stereocenters. The highest BCUT2D eigenvalue weighted by molar-refractivity contribution is 6.05. The van der Waals surface area contributed by atoms with Crippen LogP contribution >= 0.6 is 0 Å². The molecule has 0 unspecified atom stereocenters. The number of hydrogen-bond acceptors (Lipinski definition) is 5. The first-order valence-electron chi connectivity index (χ1n) is 9.04. The molecule has 4 N–H and O–H groups in total. The van der Waals surface area contributed by atoms with Crippen LogP contribution in [-0.4, -0.2) is 26.9 Å². The summed E-state index contributed by atoms with van der Waals surface area (Å²) in [5.74, 6) is -0.186. The van der Waals surface area contributed by atoms with Crippen molar-refractivity contribution in [2.75, 3.05) is 11.1 Å². The number of hydrogen-bond donors (Lipinski definition) is 3. The number of rotatable bonds is 7. The van der Waals surface area contributed by atoms with Gasteiger partial charge in [0.25, 0.3) is 5.91 Å². The fraction of sp³-hybridized carbons (Fsp3) is 0.250. The number of nitrogens with two attached hydrogens (primary N) is 1. The molecule has 1 aliphatic rings. The molecule has 1 heterocycles. The third-order valence-corrected chi connectivity index (χ3v) is 4.50. The van der Waals surface area contributed by atoms with Crippen molar-refractivity contribution in [2.24, 2.45) is 0 Å².